The van der Waals surface area contributed by atoms with Crippen LogP contribution in [-0.4, -0.2) is 15.9 Å². The summed E-state index contributed by atoms with van der Waals surface area (Å²) in [4.78, 5) is 22.9. The van der Waals surface area contributed by atoms with E-state index in [1.807, 2.05) is 6.07 Å². The number of carbonyl (C=O) groups is 1. The molecule has 2 fully saturated rings. The van der Waals surface area contributed by atoms with E-state index in [1.165, 1.54) is 57.4 Å². The molecule has 1 aromatic carbocycles. The highest BCUT2D eigenvalue weighted by Crippen LogP contribution is 2.35. The van der Waals surface area contributed by atoms with Gasteiger partial charge in [0.05, 0.1) is 17.1 Å². The second kappa shape index (κ2) is 10.3. The number of amides is 1. The van der Waals surface area contributed by atoms with E-state index in [9.17, 15) is 9.18 Å². The average molecular weight is 450 g/mol. The molecular weight excluding hydrogens is 413 g/mol. The molecular formula is C28H36FN3O. The number of aromatic nitrogens is 2. The molecule has 0 bridgehead atoms. The van der Waals surface area contributed by atoms with E-state index in [-0.39, 0.29) is 11.7 Å². The summed E-state index contributed by atoms with van der Waals surface area (Å²) in [7, 11) is 0. The molecule has 0 spiro atoms. The van der Waals surface area contributed by atoms with Gasteiger partial charge in [0, 0.05) is 12.0 Å². The van der Waals surface area contributed by atoms with Crippen LogP contribution in [0.15, 0.2) is 18.2 Å². The van der Waals surface area contributed by atoms with Crippen LogP contribution in [0.1, 0.15) is 94.0 Å². The zero-order valence-electron chi connectivity index (χ0n) is 19.7. The van der Waals surface area contributed by atoms with E-state index in [0.29, 0.717) is 18.2 Å². The van der Waals surface area contributed by atoms with Gasteiger partial charge in [0.1, 0.15) is 5.82 Å². The Morgan fingerprint density at radius 2 is 1.67 bits per heavy atom. The van der Waals surface area contributed by atoms with Gasteiger partial charge in [-0.15, -0.1) is 0 Å². The van der Waals surface area contributed by atoms with Gasteiger partial charge in [0.2, 0.25) is 5.91 Å². The topological polar surface area (TPSA) is 54.9 Å². The summed E-state index contributed by atoms with van der Waals surface area (Å²) < 4.78 is 13.8. The Bertz CT molecular complexity index is 993. The van der Waals surface area contributed by atoms with Gasteiger partial charge in [0.25, 0.3) is 0 Å². The molecule has 1 N–H and O–H groups in total. The fourth-order valence-electron chi connectivity index (χ4n) is 6.08. The highest BCUT2D eigenvalue weighted by atomic mass is 19.1. The lowest BCUT2D eigenvalue weighted by Crippen LogP contribution is -2.22. The molecule has 0 radical (unpaired) electrons. The quantitative estimate of drug-likeness (QED) is 0.527. The third-order valence-corrected chi connectivity index (χ3v) is 7.96. The van der Waals surface area contributed by atoms with E-state index in [2.05, 4.69) is 5.32 Å². The molecule has 0 unspecified atom stereocenters. The molecule has 2 saturated carbocycles. The minimum absolute atomic E-state index is 0.0772. The van der Waals surface area contributed by atoms with Crippen molar-refractivity contribution < 1.29 is 9.18 Å². The normalized spacial score (nSPS) is 19.1. The molecule has 1 heterocycles. The SMILES string of the molecule is O=C(CC1CCCCC1)Nc1nc2c(nc1CCC1CCCCC1)-c1ccc(F)cc1CC2. The summed E-state index contributed by atoms with van der Waals surface area (Å²) >= 11 is 0. The highest BCUT2D eigenvalue weighted by Gasteiger charge is 2.24. The second-order valence-electron chi connectivity index (χ2n) is 10.4. The first-order chi connectivity index (χ1) is 16.2. The Balaban J connectivity index is 1.39. The van der Waals surface area contributed by atoms with E-state index < -0.39 is 0 Å². The molecule has 3 aliphatic rings. The van der Waals surface area contributed by atoms with Crippen molar-refractivity contribution in [2.75, 3.05) is 5.32 Å². The maximum atomic E-state index is 13.8. The lowest BCUT2D eigenvalue weighted by Gasteiger charge is -2.24. The van der Waals surface area contributed by atoms with E-state index >= 15 is 0 Å². The smallest absolute Gasteiger partial charge is 0.225 e. The minimum atomic E-state index is -0.200. The van der Waals surface area contributed by atoms with Crippen molar-refractivity contribution >= 4 is 11.7 Å². The Hall–Kier alpha value is -2.30. The largest absolute Gasteiger partial charge is 0.309 e. The highest BCUT2D eigenvalue weighted by molar-refractivity contribution is 5.90. The molecule has 0 atom stereocenters. The number of fused-ring (bicyclic) bond motifs is 3. The predicted molar refractivity (Wildman–Crippen MR) is 130 cm³/mol. The van der Waals surface area contributed by atoms with E-state index in [0.717, 1.165) is 72.7 Å². The summed E-state index contributed by atoms with van der Waals surface area (Å²) in [6, 6.07) is 4.97. The first kappa shape index (κ1) is 22.5. The van der Waals surface area contributed by atoms with Gasteiger partial charge in [-0.05, 0) is 74.1 Å². The van der Waals surface area contributed by atoms with Crippen LogP contribution in [0.25, 0.3) is 11.3 Å². The number of aryl methyl sites for hydroxylation is 3. The van der Waals surface area contributed by atoms with Crippen LogP contribution in [-0.2, 0) is 24.1 Å². The number of anilines is 1. The molecule has 33 heavy (non-hydrogen) atoms. The number of rotatable bonds is 6. The second-order valence-corrected chi connectivity index (χ2v) is 10.4. The molecule has 1 aromatic heterocycles. The summed E-state index contributed by atoms with van der Waals surface area (Å²) in [5, 5.41) is 3.16. The van der Waals surface area contributed by atoms with Gasteiger partial charge in [-0.1, -0.05) is 51.4 Å². The van der Waals surface area contributed by atoms with Gasteiger partial charge in [-0.2, -0.15) is 0 Å². The summed E-state index contributed by atoms with van der Waals surface area (Å²) in [5.74, 6) is 1.78. The standard InChI is InChI=1S/C28H36FN3O/c29-22-13-14-23-21(18-22)12-16-24-27(23)30-25(15-11-19-7-3-1-4-8-19)28(31-24)32-26(33)17-20-9-5-2-6-10-20/h13-14,18-20H,1-12,15-17H2,(H,31,32,33). The van der Waals surface area contributed by atoms with Crippen LogP contribution < -0.4 is 5.32 Å². The number of halogens is 1. The number of hydrogen-bond donors (Lipinski definition) is 1. The van der Waals surface area contributed by atoms with Crippen molar-refractivity contribution in [1.82, 2.24) is 9.97 Å². The number of nitrogens with one attached hydrogen (secondary N) is 1. The number of hydrogen-bond acceptors (Lipinski definition) is 3. The maximum Gasteiger partial charge on any atom is 0.225 e. The molecule has 5 rings (SSSR count). The van der Waals surface area contributed by atoms with Crippen molar-refractivity contribution in [1.29, 1.82) is 0 Å². The Morgan fingerprint density at radius 3 is 2.42 bits per heavy atom. The van der Waals surface area contributed by atoms with Gasteiger partial charge in [-0.3, -0.25) is 4.79 Å². The number of nitrogens with zero attached hydrogens (tertiary/aromatic N) is 2. The van der Waals surface area contributed by atoms with Crippen molar-refractivity contribution in [3.63, 3.8) is 0 Å². The van der Waals surface area contributed by atoms with Crippen molar-refractivity contribution in [3.8, 4) is 11.3 Å². The van der Waals surface area contributed by atoms with E-state index in [1.54, 1.807) is 6.07 Å². The van der Waals surface area contributed by atoms with Crippen LogP contribution in [0.5, 0.6) is 0 Å². The van der Waals surface area contributed by atoms with Gasteiger partial charge >= 0.3 is 0 Å². The molecule has 2 aromatic rings. The van der Waals surface area contributed by atoms with Crippen LogP contribution in [0, 0.1) is 17.7 Å². The van der Waals surface area contributed by atoms with Gasteiger partial charge in [-0.25, -0.2) is 14.4 Å². The Morgan fingerprint density at radius 1 is 0.939 bits per heavy atom. The Kier molecular flexibility index (Phi) is 7.03. The molecule has 5 heteroatoms. The molecule has 3 aliphatic carbocycles. The lowest BCUT2D eigenvalue weighted by atomic mass is 9.85. The lowest BCUT2D eigenvalue weighted by molar-refractivity contribution is -0.117. The Labute approximate surface area is 196 Å². The predicted octanol–water partition coefficient (Wildman–Crippen LogP) is 6.80. The number of carbonyl (C=O) groups excluding carboxylic acids is 1. The average Bonchev–Trinajstić information content (AvgIpc) is 2.83. The molecule has 0 aliphatic heterocycles. The third-order valence-electron chi connectivity index (χ3n) is 7.96. The van der Waals surface area contributed by atoms with Crippen molar-refractivity contribution in [2.24, 2.45) is 11.8 Å². The van der Waals surface area contributed by atoms with Crippen LogP contribution in [0.2, 0.25) is 0 Å². The fourth-order valence-corrected chi connectivity index (χ4v) is 6.08. The van der Waals surface area contributed by atoms with Crippen LogP contribution in [0.4, 0.5) is 10.2 Å². The maximum absolute atomic E-state index is 13.8. The molecule has 4 nitrogen and oxygen atoms in total. The van der Waals surface area contributed by atoms with Gasteiger partial charge < -0.3 is 5.32 Å². The summed E-state index contributed by atoms with van der Waals surface area (Å²) in [5.41, 5.74) is 4.69. The monoisotopic (exact) mass is 449 g/mol. The minimum Gasteiger partial charge on any atom is -0.309 e. The number of benzene rings is 1. The van der Waals surface area contributed by atoms with E-state index in [4.69, 9.17) is 9.97 Å². The fraction of sp³-hybridized carbons (Fsp3) is 0.607. The third kappa shape index (κ3) is 5.44. The zero-order valence-corrected chi connectivity index (χ0v) is 19.7. The van der Waals surface area contributed by atoms with Gasteiger partial charge in [0.15, 0.2) is 5.82 Å². The zero-order chi connectivity index (χ0) is 22.6. The summed E-state index contributed by atoms with van der Waals surface area (Å²) in [6.45, 7) is 0. The molecule has 1 amide bonds. The summed E-state index contributed by atoms with van der Waals surface area (Å²) in [6.07, 6.45) is 16.7. The first-order valence-corrected chi connectivity index (χ1v) is 13.1. The van der Waals surface area contributed by atoms with Crippen LogP contribution >= 0.6 is 0 Å². The van der Waals surface area contributed by atoms with Crippen LogP contribution in [0.3, 0.4) is 0 Å². The molecule has 176 valence electrons. The van der Waals surface area contributed by atoms with Crippen molar-refractivity contribution in [3.05, 3.63) is 41.0 Å². The molecule has 0 saturated heterocycles. The first-order valence-electron chi connectivity index (χ1n) is 13.1. The van der Waals surface area contributed by atoms with Crippen molar-refractivity contribution in [2.45, 2.75) is 96.3 Å².